The second-order valence-electron chi connectivity index (χ2n) is 6.14. The lowest BCUT2D eigenvalue weighted by Crippen LogP contribution is -2.23. The van der Waals surface area contributed by atoms with Gasteiger partial charge < -0.3 is 15.4 Å². The van der Waals surface area contributed by atoms with E-state index in [-0.39, 0.29) is 36.9 Å². The molecule has 2 aromatic carbocycles. The van der Waals surface area contributed by atoms with Crippen molar-refractivity contribution in [2.45, 2.75) is 38.8 Å². The van der Waals surface area contributed by atoms with Gasteiger partial charge in [-0.25, -0.2) is 0 Å². The van der Waals surface area contributed by atoms with Gasteiger partial charge in [-0.3, -0.25) is 4.79 Å². The zero-order valence-corrected chi connectivity index (χ0v) is 15.3. The highest BCUT2D eigenvalue weighted by molar-refractivity contribution is 5.85. The van der Waals surface area contributed by atoms with Crippen molar-refractivity contribution in [3.05, 3.63) is 64.7 Å². The minimum Gasteiger partial charge on any atom is -0.406 e. The fourth-order valence-electron chi connectivity index (χ4n) is 2.93. The highest BCUT2D eigenvalue weighted by Gasteiger charge is 2.31. The van der Waals surface area contributed by atoms with E-state index in [0.717, 1.165) is 18.7 Å². The minimum absolute atomic E-state index is 0. The third-order valence-electron chi connectivity index (χ3n) is 4.21. The van der Waals surface area contributed by atoms with E-state index < -0.39 is 6.36 Å². The van der Waals surface area contributed by atoms with Crippen molar-refractivity contribution in [2.24, 2.45) is 0 Å². The van der Waals surface area contributed by atoms with Crippen LogP contribution in [0.5, 0.6) is 5.75 Å². The quantitative estimate of drug-likeness (QED) is 0.774. The van der Waals surface area contributed by atoms with Gasteiger partial charge in [0, 0.05) is 26.1 Å². The van der Waals surface area contributed by atoms with Crippen molar-refractivity contribution in [3.63, 3.8) is 0 Å². The molecule has 3 rings (SSSR count). The van der Waals surface area contributed by atoms with Gasteiger partial charge in [-0.2, -0.15) is 0 Å². The molecule has 0 saturated carbocycles. The number of aryl methyl sites for hydroxylation is 1. The van der Waals surface area contributed by atoms with Crippen molar-refractivity contribution in [3.8, 4) is 5.75 Å². The van der Waals surface area contributed by atoms with Crippen molar-refractivity contribution < 1.29 is 22.7 Å². The highest BCUT2D eigenvalue weighted by Crippen LogP contribution is 2.27. The van der Waals surface area contributed by atoms with Crippen LogP contribution in [0.3, 0.4) is 0 Å². The molecule has 0 aliphatic carbocycles. The number of halogens is 4. The Kier molecular flexibility index (Phi) is 7.10. The van der Waals surface area contributed by atoms with Crippen LogP contribution in [0.1, 0.15) is 28.7 Å². The Bertz CT molecular complexity index is 797. The van der Waals surface area contributed by atoms with Gasteiger partial charge in [0.2, 0.25) is 5.91 Å². The van der Waals surface area contributed by atoms with Crippen molar-refractivity contribution in [2.75, 3.05) is 0 Å². The van der Waals surface area contributed by atoms with Crippen LogP contribution in [0.4, 0.5) is 13.2 Å². The number of fused-ring (bicyclic) bond motifs is 1. The monoisotopic (exact) mass is 400 g/mol. The van der Waals surface area contributed by atoms with Crippen molar-refractivity contribution in [1.82, 2.24) is 10.6 Å². The number of ether oxygens (including phenoxy) is 1. The zero-order chi connectivity index (χ0) is 18.6. The summed E-state index contributed by atoms with van der Waals surface area (Å²) in [5.74, 6) is -0.482. The third-order valence-corrected chi connectivity index (χ3v) is 4.21. The maximum absolute atomic E-state index is 12.4. The van der Waals surface area contributed by atoms with Gasteiger partial charge in [-0.15, -0.1) is 25.6 Å². The Balaban J connectivity index is 0.00000261. The Labute approximate surface area is 161 Å². The Morgan fingerprint density at radius 2 is 1.85 bits per heavy atom. The number of nitrogens with one attached hydrogen (secondary N) is 2. The van der Waals surface area contributed by atoms with E-state index in [9.17, 15) is 18.0 Å². The molecule has 1 aliphatic rings. The van der Waals surface area contributed by atoms with E-state index in [1.165, 1.54) is 29.3 Å². The molecule has 0 saturated heterocycles. The SMILES string of the molecule is Cl.O=C(CCc1ccccc1OC(F)(F)F)NCc1ccc2c(c1)CNC2. The molecule has 0 fully saturated rings. The fourth-order valence-corrected chi connectivity index (χ4v) is 2.93. The minimum atomic E-state index is -4.75. The van der Waals surface area contributed by atoms with Crippen molar-refractivity contribution >= 4 is 18.3 Å². The molecule has 1 heterocycles. The van der Waals surface area contributed by atoms with E-state index in [0.29, 0.717) is 12.1 Å². The molecule has 4 nitrogen and oxygen atoms in total. The average molecular weight is 401 g/mol. The van der Waals surface area contributed by atoms with Crippen LogP contribution in [0.15, 0.2) is 42.5 Å². The number of benzene rings is 2. The van der Waals surface area contributed by atoms with Crippen LogP contribution in [-0.2, 0) is 30.8 Å². The first-order chi connectivity index (χ1) is 12.4. The molecular weight excluding hydrogens is 381 g/mol. The zero-order valence-electron chi connectivity index (χ0n) is 14.4. The summed E-state index contributed by atoms with van der Waals surface area (Å²) in [6, 6.07) is 11.9. The van der Waals surface area contributed by atoms with Gasteiger partial charge in [0.1, 0.15) is 5.75 Å². The van der Waals surface area contributed by atoms with Crippen LogP contribution in [0.25, 0.3) is 0 Å². The molecule has 0 bridgehead atoms. The lowest BCUT2D eigenvalue weighted by molar-refractivity contribution is -0.274. The molecule has 0 aromatic heterocycles. The fraction of sp³-hybridized carbons (Fsp3) is 0.316. The van der Waals surface area contributed by atoms with E-state index >= 15 is 0 Å². The van der Waals surface area contributed by atoms with Gasteiger partial charge >= 0.3 is 6.36 Å². The normalized spacial score (nSPS) is 12.9. The Hall–Kier alpha value is -2.25. The number of alkyl halides is 3. The van der Waals surface area contributed by atoms with E-state index in [1.807, 2.05) is 12.1 Å². The number of para-hydroxylation sites is 1. The van der Waals surface area contributed by atoms with Gasteiger partial charge in [0.15, 0.2) is 0 Å². The molecular formula is C19H20ClF3N2O2. The van der Waals surface area contributed by atoms with E-state index in [2.05, 4.69) is 21.4 Å². The highest BCUT2D eigenvalue weighted by atomic mass is 35.5. The lowest BCUT2D eigenvalue weighted by atomic mass is 10.1. The van der Waals surface area contributed by atoms with E-state index in [4.69, 9.17) is 0 Å². The van der Waals surface area contributed by atoms with Crippen molar-refractivity contribution in [1.29, 1.82) is 0 Å². The molecule has 0 spiro atoms. The second kappa shape index (κ2) is 9.10. The summed E-state index contributed by atoms with van der Waals surface area (Å²) in [5, 5.41) is 6.07. The number of carbonyl (C=O) groups is 1. The summed E-state index contributed by atoms with van der Waals surface area (Å²) >= 11 is 0. The maximum atomic E-state index is 12.4. The van der Waals surface area contributed by atoms with E-state index in [1.54, 1.807) is 6.07 Å². The van der Waals surface area contributed by atoms with Crippen LogP contribution in [0, 0.1) is 0 Å². The topological polar surface area (TPSA) is 50.4 Å². The summed E-state index contributed by atoms with van der Waals surface area (Å²) in [4.78, 5) is 12.0. The molecule has 27 heavy (non-hydrogen) atoms. The summed E-state index contributed by atoms with van der Waals surface area (Å²) in [6.45, 7) is 2.08. The largest absolute Gasteiger partial charge is 0.573 e. The Morgan fingerprint density at radius 1 is 1.11 bits per heavy atom. The summed E-state index contributed by atoms with van der Waals surface area (Å²) < 4.78 is 41.3. The van der Waals surface area contributed by atoms with Crippen LogP contribution < -0.4 is 15.4 Å². The third kappa shape index (κ3) is 6.15. The maximum Gasteiger partial charge on any atom is 0.573 e. The van der Waals surface area contributed by atoms with Gasteiger partial charge in [0.05, 0.1) is 0 Å². The summed E-state index contributed by atoms with van der Waals surface area (Å²) in [5.41, 5.74) is 3.85. The molecule has 0 unspecified atom stereocenters. The number of carbonyl (C=O) groups excluding carboxylic acids is 1. The molecule has 1 aliphatic heterocycles. The first-order valence-corrected chi connectivity index (χ1v) is 8.32. The summed E-state index contributed by atoms with van der Waals surface area (Å²) in [7, 11) is 0. The lowest BCUT2D eigenvalue weighted by Gasteiger charge is -2.13. The molecule has 1 amide bonds. The van der Waals surface area contributed by atoms with Gasteiger partial charge in [-0.05, 0) is 34.7 Å². The predicted octanol–water partition coefficient (Wildman–Crippen LogP) is 3.86. The number of hydrogen-bond acceptors (Lipinski definition) is 3. The molecule has 0 radical (unpaired) electrons. The smallest absolute Gasteiger partial charge is 0.406 e. The first-order valence-electron chi connectivity index (χ1n) is 8.32. The standard InChI is InChI=1S/C19H19F3N2O2.ClH/c20-19(21,22)26-17-4-2-1-3-14(17)7-8-18(25)24-10-13-5-6-15-11-23-12-16(15)9-13;/h1-6,9,23H,7-8,10-12H2,(H,24,25);1H. The van der Waals surface area contributed by atoms with Gasteiger partial charge in [0.25, 0.3) is 0 Å². The predicted molar refractivity (Wildman–Crippen MR) is 97.5 cm³/mol. The van der Waals surface area contributed by atoms with Gasteiger partial charge in [-0.1, -0.05) is 36.4 Å². The van der Waals surface area contributed by atoms with Crippen LogP contribution >= 0.6 is 12.4 Å². The number of amides is 1. The second-order valence-corrected chi connectivity index (χ2v) is 6.14. The first kappa shape index (κ1) is 21.1. The average Bonchev–Trinajstić information content (AvgIpc) is 3.05. The molecule has 8 heteroatoms. The molecule has 146 valence electrons. The van der Waals surface area contributed by atoms with Crippen LogP contribution in [0.2, 0.25) is 0 Å². The Morgan fingerprint density at radius 3 is 2.63 bits per heavy atom. The summed E-state index contributed by atoms with van der Waals surface area (Å²) in [6.07, 6.45) is -4.49. The molecule has 0 atom stereocenters. The molecule has 2 N–H and O–H groups in total. The number of hydrogen-bond donors (Lipinski definition) is 2. The van der Waals surface area contributed by atoms with Crippen LogP contribution in [-0.4, -0.2) is 12.3 Å². The number of rotatable bonds is 6. The molecule has 2 aromatic rings.